The van der Waals surface area contributed by atoms with Crippen LogP contribution in [0.5, 0.6) is 0 Å². The minimum Gasteiger partial charge on any atom is -0.396 e. The van der Waals surface area contributed by atoms with Gasteiger partial charge in [0, 0.05) is 16.4 Å². The number of aliphatic hydroxyl groups excluding tert-OH is 1. The summed E-state index contributed by atoms with van der Waals surface area (Å²) in [6.45, 7) is 0.196. The molecule has 2 N–H and O–H groups in total. The van der Waals surface area contributed by atoms with Gasteiger partial charge in [-0.3, -0.25) is 4.79 Å². The van der Waals surface area contributed by atoms with Gasteiger partial charge in [-0.25, -0.2) is 0 Å². The Labute approximate surface area is 130 Å². The molecule has 3 nitrogen and oxygen atoms in total. The van der Waals surface area contributed by atoms with E-state index in [1.165, 1.54) is 23.3 Å². The lowest BCUT2D eigenvalue weighted by molar-refractivity contribution is 0.108. The summed E-state index contributed by atoms with van der Waals surface area (Å²) in [5, 5.41) is 13.8. The third-order valence-corrected chi connectivity index (χ3v) is 7.84. The quantitative estimate of drug-likeness (QED) is 0.659. The highest BCUT2D eigenvalue weighted by molar-refractivity contribution is 8.29. The number of thiophene rings is 1. The molecular weight excluding hydrogens is 310 g/mol. The Morgan fingerprint density at radius 1 is 1.40 bits per heavy atom. The molecule has 0 amide bonds. The summed E-state index contributed by atoms with van der Waals surface area (Å²) in [4.78, 5) is 15.2. The third kappa shape index (κ3) is 2.58. The molecule has 1 aliphatic heterocycles. The average molecular weight is 330 g/mol. The van der Waals surface area contributed by atoms with Crippen molar-refractivity contribution in [3.63, 3.8) is 0 Å². The van der Waals surface area contributed by atoms with E-state index < -0.39 is 0 Å². The molecule has 2 aliphatic rings. The highest BCUT2D eigenvalue weighted by Crippen LogP contribution is 2.43. The molecule has 1 unspecified atom stereocenters. The number of anilines is 1. The number of thioether (sulfide) groups is 1. The molecule has 0 aromatic carbocycles. The van der Waals surface area contributed by atoms with Gasteiger partial charge < -0.3 is 10.4 Å². The fourth-order valence-corrected chi connectivity index (χ4v) is 6.63. The fraction of sp³-hybridized carbons (Fsp3) is 0.571. The summed E-state index contributed by atoms with van der Waals surface area (Å²) in [5.41, 5.74) is 2.32. The Balaban J connectivity index is 1.88. The summed E-state index contributed by atoms with van der Waals surface area (Å²) in [5.74, 6) is 1.54. The summed E-state index contributed by atoms with van der Waals surface area (Å²) >= 11 is 3.46. The van der Waals surface area contributed by atoms with Gasteiger partial charge in [0.25, 0.3) is 0 Å². The summed E-state index contributed by atoms with van der Waals surface area (Å²) in [6, 6.07) is 0. The van der Waals surface area contributed by atoms with Crippen LogP contribution < -0.4 is 5.32 Å². The van der Waals surface area contributed by atoms with Crippen LogP contribution in [0.3, 0.4) is 0 Å². The van der Waals surface area contributed by atoms with Crippen molar-refractivity contribution in [3.05, 3.63) is 16.0 Å². The molecule has 1 aromatic heterocycles. The lowest BCUT2D eigenvalue weighted by atomic mass is 9.96. The van der Waals surface area contributed by atoms with E-state index in [4.69, 9.17) is 5.11 Å². The monoisotopic (exact) mass is 329 g/mol. The Hall–Kier alpha value is -0.300. The standard InChI is InChI=1S/C14H19NO2S3/c1-20-11(8-18-7-6-16)15-13-12(14(20)17)9-4-2-3-5-10(9)19-13/h15-16H,2-8H2,1H3. The Bertz CT molecular complexity index is 577. The van der Waals surface area contributed by atoms with E-state index in [1.807, 2.05) is 6.26 Å². The van der Waals surface area contributed by atoms with Crippen LogP contribution in [0.1, 0.15) is 33.6 Å². The molecule has 0 spiro atoms. The normalized spacial score (nSPS) is 21.4. The van der Waals surface area contributed by atoms with Crippen molar-refractivity contribution < 1.29 is 9.90 Å². The van der Waals surface area contributed by atoms with E-state index in [-0.39, 0.29) is 17.1 Å². The number of carbonyl (C=O) groups is 1. The lowest BCUT2D eigenvalue weighted by Gasteiger charge is -2.21. The van der Waals surface area contributed by atoms with Gasteiger partial charge in [-0.1, -0.05) is 10.5 Å². The molecule has 1 aromatic rings. The number of fused-ring (bicyclic) bond motifs is 3. The number of nitrogens with one attached hydrogen (secondary N) is 1. The summed E-state index contributed by atoms with van der Waals surface area (Å²) < 4.78 is 0. The Morgan fingerprint density at radius 3 is 3.00 bits per heavy atom. The Kier molecular flexibility index (Phi) is 4.55. The highest BCUT2D eigenvalue weighted by atomic mass is 32.2. The van der Waals surface area contributed by atoms with Gasteiger partial charge in [0.2, 0.25) is 5.12 Å². The first kappa shape index (κ1) is 14.6. The van der Waals surface area contributed by atoms with Crippen LogP contribution in [0.15, 0.2) is 0 Å². The van der Waals surface area contributed by atoms with Crippen molar-refractivity contribution in [2.45, 2.75) is 25.7 Å². The van der Waals surface area contributed by atoms with E-state index in [9.17, 15) is 4.79 Å². The molecule has 3 rings (SSSR count). The molecule has 0 saturated heterocycles. The molecular formula is C14H19NO2S3. The second-order valence-corrected chi connectivity index (χ2v) is 9.13. The molecule has 2 heterocycles. The van der Waals surface area contributed by atoms with Crippen LogP contribution in [0, 0.1) is 0 Å². The first-order chi connectivity index (χ1) is 9.72. The lowest BCUT2D eigenvalue weighted by Crippen LogP contribution is -2.23. The number of aliphatic hydroxyl groups is 1. The van der Waals surface area contributed by atoms with Crippen molar-refractivity contribution >= 4 is 48.7 Å². The number of hydrogen-bond donors (Lipinski definition) is 2. The molecule has 0 radical (unpaired) electrons. The number of aryl methyl sites for hydroxylation is 1. The fourth-order valence-electron chi connectivity index (χ4n) is 2.69. The first-order valence-electron chi connectivity index (χ1n) is 6.88. The molecule has 0 saturated carbocycles. The Morgan fingerprint density at radius 2 is 2.20 bits per heavy atom. The van der Waals surface area contributed by atoms with Crippen molar-refractivity contribution in [1.29, 1.82) is 0 Å². The van der Waals surface area contributed by atoms with Gasteiger partial charge in [-0.15, -0.1) is 11.3 Å². The van der Waals surface area contributed by atoms with Crippen LogP contribution in [-0.4, -0.2) is 39.6 Å². The van der Waals surface area contributed by atoms with Gasteiger partial charge >= 0.3 is 0 Å². The topological polar surface area (TPSA) is 49.3 Å². The molecule has 110 valence electrons. The van der Waals surface area contributed by atoms with E-state index in [1.54, 1.807) is 23.1 Å². The maximum atomic E-state index is 12.7. The number of carbonyl (C=O) groups excluding carboxylic acids is 1. The smallest absolute Gasteiger partial charge is 0.218 e. The predicted molar refractivity (Wildman–Crippen MR) is 91.8 cm³/mol. The first-order valence-corrected chi connectivity index (χ1v) is 10.5. The molecule has 1 aliphatic carbocycles. The van der Waals surface area contributed by atoms with E-state index in [0.717, 1.165) is 39.9 Å². The van der Waals surface area contributed by atoms with Gasteiger partial charge in [0.05, 0.1) is 17.2 Å². The molecule has 0 fully saturated rings. The largest absolute Gasteiger partial charge is 0.396 e. The van der Waals surface area contributed by atoms with Crippen molar-refractivity contribution in [3.8, 4) is 0 Å². The number of hydrogen-bond acceptors (Lipinski definition) is 5. The van der Waals surface area contributed by atoms with Crippen molar-refractivity contribution in [1.82, 2.24) is 0 Å². The second-order valence-electron chi connectivity index (χ2n) is 5.04. The van der Waals surface area contributed by atoms with Gasteiger partial charge in [0.1, 0.15) is 5.00 Å². The third-order valence-electron chi connectivity index (χ3n) is 3.74. The van der Waals surface area contributed by atoms with E-state index >= 15 is 0 Å². The van der Waals surface area contributed by atoms with Crippen LogP contribution in [0.25, 0.3) is 0 Å². The van der Waals surface area contributed by atoms with Crippen LogP contribution >= 0.6 is 33.6 Å². The summed E-state index contributed by atoms with van der Waals surface area (Å²) in [7, 11) is -0.343. The van der Waals surface area contributed by atoms with Gasteiger partial charge in [-0.05, 0) is 37.5 Å². The zero-order valence-electron chi connectivity index (χ0n) is 11.5. The van der Waals surface area contributed by atoms with Gasteiger partial charge in [-0.2, -0.15) is 11.8 Å². The zero-order valence-corrected chi connectivity index (χ0v) is 14.0. The van der Waals surface area contributed by atoms with E-state index in [2.05, 4.69) is 5.32 Å². The predicted octanol–water partition coefficient (Wildman–Crippen LogP) is 2.95. The van der Waals surface area contributed by atoms with Gasteiger partial charge in [0.15, 0.2) is 0 Å². The highest BCUT2D eigenvalue weighted by Gasteiger charge is 2.30. The van der Waals surface area contributed by atoms with E-state index in [0.29, 0.717) is 5.12 Å². The van der Waals surface area contributed by atoms with Crippen molar-refractivity contribution in [2.24, 2.45) is 0 Å². The second kappa shape index (κ2) is 6.22. The maximum Gasteiger partial charge on any atom is 0.218 e. The maximum absolute atomic E-state index is 12.7. The molecule has 20 heavy (non-hydrogen) atoms. The van der Waals surface area contributed by atoms with Crippen LogP contribution in [0.2, 0.25) is 0 Å². The SMILES string of the molecule is CS1=C(CSCCO)Nc2sc3c(c2C1=O)CCCC3. The van der Waals surface area contributed by atoms with Crippen LogP contribution in [0.4, 0.5) is 5.00 Å². The number of rotatable bonds is 4. The minimum atomic E-state index is -0.343. The molecule has 6 heteroatoms. The minimum absolute atomic E-state index is 0.196. The van der Waals surface area contributed by atoms with Crippen LogP contribution in [-0.2, 0) is 12.8 Å². The summed E-state index contributed by atoms with van der Waals surface area (Å²) in [6.07, 6.45) is 6.69. The van der Waals surface area contributed by atoms with Crippen molar-refractivity contribution in [2.75, 3.05) is 29.7 Å². The molecule has 0 bridgehead atoms. The zero-order chi connectivity index (χ0) is 14.1. The molecule has 1 atom stereocenters. The average Bonchev–Trinajstić information content (AvgIpc) is 2.82.